The van der Waals surface area contributed by atoms with Gasteiger partial charge in [-0.2, -0.15) is 0 Å². The maximum Gasteiger partial charge on any atom is 0.315 e. The van der Waals surface area contributed by atoms with Crippen molar-refractivity contribution in [3.05, 3.63) is 23.8 Å². The van der Waals surface area contributed by atoms with E-state index < -0.39 is 0 Å². The highest BCUT2D eigenvalue weighted by Crippen LogP contribution is 2.27. The highest BCUT2D eigenvalue weighted by atomic mass is 16.5. The molecule has 1 fully saturated rings. The molecule has 21 heavy (non-hydrogen) atoms. The average molecular weight is 293 g/mol. The molecule has 1 aliphatic rings. The zero-order valence-corrected chi connectivity index (χ0v) is 12.1. The van der Waals surface area contributed by atoms with Gasteiger partial charge >= 0.3 is 6.03 Å². The first-order valence-electron chi connectivity index (χ1n) is 6.64. The number of methoxy groups -OCH3 is 2. The van der Waals surface area contributed by atoms with E-state index >= 15 is 0 Å². The molecular weight excluding hydrogens is 274 g/mol. The molecule has 1 saturated heterocycles. The fraction of sp³-hybridized carbons (Fsp3) is 0.429. The van der Waals surface area contributed by atoms with Crippen molar-refractivity contribution in [1.29, 1.82) is 0 Å². The summed E-state index contributed by atoms with van der Waals surface area (Å²) in [7, 11) is 3.13. The van der Waals surface area contributed by atoms with Crippen LogP contribution < -0.4 is 25.4 Å². The highest BCUT2D eigenvalue weighted by Gasteiger charge is 2.22. The Morgan fingerprint density at radius 3 is 2.71 bits per heavy atom. The first-order chi connectivity index (χ1) is 10.1. The molecule has 114 valence electrons. The minimum absolute atomic E-state index is 0.0415. The second-order valence-corrected chi connectivity index (χ2v) is 4.72. The van der Waals surface area contributed by atoms with Crippen LogP contribution in [-0.2, 0) is 11.3 Å². The second kappa shape index (κ2) is 6.83. The molecule has 3 N–H and O–H groups in total. The molecule has 2 rings (SSSR count). The molecule has 0 bridgehead atoms. The van der Waals surface area contributed by atoms with Crippen LogP contribution in [0.5, 0.6) is 11.5 Å². The normalized spacial score (nSPS) is 17.0. The van der Waals surface area contributed by atoms with E-state index in [1.807, 2.05) is 6.07 Å². The number of ether oxygens (including phenoxy) is 2. The van der Waals surface area contributed by atoms with Crippen LogP contribution in [0.4, 0.5) is 4.79 Å². The predicted molar refractivity (Wildman–Crippen MR) is 76.3 cm³/mol. The molecule has 0 aliphatic carbocycles. The number of carbonyl (C=O) groups excluding carboxylic acids is 2. The lowest BCUT2D eigenvalue weighted by molar-refractivity contribution is -0.119. The molecule has 0 unspecified atom stereocenters. The third-order valence-electron chi connectivity index (χ3n) is 3.21. The monoisotopic (exact) mass is 293 g/mol. The van der Waals surface area contributed by atoms with Crippen LogP contribution in [0.25, 0.3) is 0 Å². The first kappa shape index (κ1) is 15.0. The zero-order chi connectivity index (χ0) is 15.2. The smallest absolute Gasteiger partial charge is 0.315 e. The minimum atomic E-state index is -0.300. The van der Waals surface area contributed by atoms with Gasteiger partial charge in [-0.05, 0) is 17.7 Å². The number of hydrogen-bond acceptors (Lipinski definition) is 4. The van der Waals surface area contributed by atoms with Crippen molar-refractivity contribution < 1.29 is 19.1 Å². The minimum Gasteiger partial charge on any atom is -0.493 e. The summed E-state index contributed by atoms with van der Waals surface area (Å²) in [5.74, 6) is 1.21. The summed E-state index contributed by atoms with van der Waals surface area (Å²) in [4.78, 5) is 22.8. The van der Waals surface area contributed by atoms with Crippen molar-refractivity contribution in [3.63, 3.8) is 0 Å². The van der Waals surface area contributed by atoms with Gasteiger partial charge in [-0.15, -0.1) is 0 Å². The molecule has 0 saturated carbocycles. The van der Waals surface area contributed by atoms with Gasteiger partial charge in [-0.25, -0.2) is 4.79 Å². The number of amides is 3. The van der Waals surface area contributed by atoms with Gasteiger partial charge in [-0.3, -0.25) is 4.79 Å². The predicted octanol–water partition coefficient (Wildman–Crippen LogP) is 0.392. The molecule has 1 heterocycles. The second-order valence-electron chi connectivity index (χ2n) is 4.72. The van der Waals surface area contributed by atoms with Crippen molar-refractivity contribution in [1.82, 2.24) is 16.0 Å². The number of carbonyl (C=O) groups is 2. The largest absolute Gasteiger partial charge is 0.493 e. The number of nitrogens with one attached hydrogen (secondary N) is 3. The molecule has 7 heteroatoms. The Morgan fingerprint density at radius 2 is 2.10 bits per heavy atom. The highest BCUT2D eigenvalue weighted by molar-refractivity contribution is 5.81. The third kappa shape index (κ3) is 4.01. The van der Waals surface area contributed by atoms with Gasteiger partial charge in [0.2, 0.25) is 5.91 Å². The van der Waals surface area contributed by atoms with Crippen LogP contribution in [0.1, 0.15) is 12.0 Å². The van der Waals surface area contributed by atoms with E-state index in [-0.39, 0.29) is 18.0 Å². The van der Waals surface area contributed by atoms with Crippen LogP contribution in [0.2, 0.25) is 0 Å². The number of rotatable bonds is 5. The van der Waals surface area contributed by atoms with Crippen molar-refractivity contribution in [2.75, 3.05) is 20.8 Å². The fourth-order valence-electron chi connectivity index (χ4n) is 2.12. The lowest BCUT2D eigenvalue weighted by Gasteiger charge is -2.13. The van der Waals surface area contributed by atoms with E-state index in [2.05, 4.69) is 16.0 Å². The molecule has 3 amide bonds. The van der Waals surface area contributed by atoms with Crippen LogP contribution in [0.15, 0.2) is 18.2 Å². The Hall–Kier alpha value is -2.44. The van der Waals surface area contributed by atoms with Gasteiger partial charge in [0, 0.05) is 19.5 Å². The van der Waals surface area contributed by atoms with Crippen molar-refractivity contribution in [2.24, 2.45) is 0 Å². The number of hydrogen-bond donors (Lipinski definition) is 3. The van der Waals surface area contributed by atoms with Crippen LogP contribution in [0, 0.1) is 0 Å². The van der Waals surface area contributed by atoms with Crippen molar-refractivity contribution in [2.45, 2.75) is 19.0 Å². The fourth-order valence-corrected chi connectivity index (χ4v) is 2.12. The van der Waals surface area contributed by atoms with Gasteiger partial charge in [0.1, 0.15) is 0 Å². The van der Waals surface area contributed by atoms with Gasteiger partial charge < -0.3 is 25.4 Å². The number of benzene rings is 1. The van der Waals surface area contributed by atoms with Gasteiger partial charge in [0.15, 0.2) is 11.5 Å². The van der Waals surface area contributed by atoms with E-state index in [1.54, 1.807) is 26.4 Å². The van der Waals surface area contributed by atoms with Crippen LogP contribution in [-0.4, -0.2) is 38.7 Å². The Bertz CT molecular complexity index is 533. The molecule has 1 aliphatic heterocycles. The van der Waals surface area contributed by atoms with Gasteiger partial charge in [0.05, 0.1) is 20.3 Å². The average Bonchev–Trinajstić information content (AvgIpc) is 2.89. The van der Waals surface area contributed by atoms with Crippen LogP contribution in [0.3, 0.4) is 0 Å². The Labute approximate surface area is 123 Å². The summed E-state index contributed by atoms with van der Waals surface area (Å²) in [5.41, 5.74) is 0.892. The summed E-state index contributed by atoms with van der Waals surface area (Å²) in [5, 5.41) is 8.15. The van der Waals surface area contributed by atoms with E-state index in [0.29, 0.717) is 31.0 Å². The Morgan fingerprint density at radius 1 is 1.33 bits per heavy atom. The van der Waals surface area contributed by atoms with E-state index in [9.17, 15) is 9.59 Å². The molecular formula is C14H19N3O4. The molecule has 0 spiro atoms. The van der Waals surface area contributed by atoms with E-state index in [4.69, 9.17) is 9.47 Å². The van der Waals surface area contributed by atoms with E-state index in [1.165, 1.54) is 0 Å². The first-order valence-corrected chi connectivity index (χ1v) is 6.64. The maximum absolute atomic E-state index is 11.7. The maximum atomic E-state index is 11.7. The summed E-state index contributed by atoms with van der Waals surface area (Å²) in [6.07, 6.45) is 0.323. The molecule has 1 aromatic carbocycles. The summed E-state index contributed by atoms with van der Waals surface area (Å²) < 4.78 is 10.4. The Kier molecular flexibility index (Phi) is 4.86. The SMILES string of the molecule is COc1ccc(CNC(=O)N[C@H]2CNC(=O)C2)cc1OC. The topological polar surface area (TPSA) is 88.7 Å². The molecule has 0 radical (unpaired) electrons. The number of urea groups is 1. The lowest BCUT2D eigenvalue weighted by Crippen LogP contribution is -2.42. The van der Waals surface area contributed by atoms with Gasteiger partial charge in [-0.1, -0.05) is 6.07 Å². The van der Waals surface area contributed by atoms with Crippen LogP contribution >= 0.6 is 0 Å². The molecule has 1 atom stereocenters. The van der Waals surface area contributed by atoms with Crippen molar-refractivity contribution >= 4 is 11.9 Å². The zero-order valence-electron chi connectivity index (χ0n) is 12.1. The van der Waals surface area contributed by atoms with Crippen molar-refractivity contribution in [3.8, 4) is 11.5 Å². The standard InChI is InChI=1S/C14H19N3O4/c1-20-11-4-3-9(5-12(11)21-2)7-16-14(19)17-10-6-13(18)15-8-10/h3-5,10H,6-8H2,1-2H3,(H,15,18)(H2,16,17,19)/t10-/m1/s1. The summed E-state index contributed by atoms with van der Waals surface area (Å²) >= 11 is 0. The summed E-state index contributed by atoms with van der Waals surface area (Å²) in [6, 6.07) is 4.99. The van der Waals surface area contributed by atoms with Gasteiger partial charge in [0.25, 0.3) is 0 Å². The molecule has 0 aromatic heterocycles. The lowest BCUT2D eigenvalue weighted by atomic mass is 10.2. The molecule has 1 aromatic rings. The van der Waals surface area contributed by atoms with E-state index in [0.717, 1.165) is 5.56 Å². The Balaban J connectivity index is 1.84. The summed E-state index contributed by atoms with van der Waals surface area (Å²) in [6.45, 7) is 0.836. The third-order valence-corrected chi connectivity index (χ3v) is 3.21. The quantitative estimate of drug-likeness (QED) is 0.733. The molecule has 7 nitrogen and oxygen atoms in total.